The Morgan fingerprint density at radius 1 is 1.11 bits per heavy atom. The molecule has 1 aromatic carbocycles. The summed E-state index contributed by atoms with van der Waals surface area (Å²) in [6.45, 7) is 10.7. The minimum atomic E-state index is 0.208. The van der Waals surface area contributed by atoms with Crippen molar-refractivity contribution < 1.29 is 4.74 Å². The van der Waals surface area contributed by atoms with Crippen molar-refractivity contribution in [2.24, 2.45) is 0 Å². The van der Waals surface area contributed by atoms with Gasteiger partial charge in [0.05, 0.1) is 12.2 Å². The number of ether oxygens (including phenoxy) is 1. The molecule has 0 aliphatic heterocycles. The summed E-state index contributed by atoms with van der Waals surface area (Å²) in [7, 11) is 0. The van der Waals surface area contributed by atoms with Crippen LogP contribution in [0.4, 0.5) is 0 Å². The van der Waals surface area contributed by atoms with Crippen LogP contribution in [-0.2, 0) is 11.2 Å². The Kier molecular flexibility index (Phi) is 6.17. The highest BCUT2D eigenvalue weighted by Gasteiger charge is 2.13. The molecule has 0 heterocycles. The predicted octanol–water partition coefficient (Wildman–Crippen LogP) is 5.21. The van der Waals surface area contributed by atoms with Crippen molar-refractivity contribution in [1.82, 2.24) is 0 Å². The molecule has 1 nitrogen and oxygen atoms in total. The van der Waals surface area contributed by atoms with Gasteiger partial charge in [-0.2, -0.15) is 0 Å². The monoisotopic (exact) mass is 268 g/mol. The van der Waals surface area contributed by atoms with E-state index in [1.807, 2.05) is 0 Å². The minimum absolute atomic E-state index is 0.208. The standard InChI is InChI=1S/C16H25ClO/c1-6-12(4)18-13(5)10-14-8-7-9-15(11(2)3)16(14)17/h7-9,11-13H,6,10H2,1-5H3. The molecule has 102 valence electrons. The molecule has 0 amide bonds. The molecular formula is C16H25ClO. The van der Waals surface area contributed by atoms with Gasteiger partial charge in [-0.15, -0.1) is 0 Å². The van der Waals surface area contributed by atoms with Crippen LogP contribution >= 0.6 is 11.6 Å². The maximum Gasteiger partial charge on any atom is 0.0591 e. The molecule has 0 fully saturated rings. The zero-order chi connectivity index (χ0) is 13.7. The van der Waals surface area contributed by atoms with Gasteiger partial charge in [-0.05, 0) is 43.7 Å². The van der Waals surface area contributed by atoms with Crippen molar-refractivity contribution in [3.05, 3.63) is 34.3 Å². The van der Waals surface area contributed by atoms with Crippen LogP contribution in [0.5, 0.6) is 0 Å². The fourth-order valence-electron chi connectivity index (χ4n) is 2.05. The number of benzene rings is 1. The summed E-state index contributed by atoms with van der Waals surface area (Å²) in [4.78, 5) is 0. The first-order valence-electron chi connectivity index (χ1n) is 6.88. The third-order valence-electron chi connectivity index (χ3n) is 3.28. The summed E-state index contributed by atoms with van der Waals surface area (Å²) in [6, 6.07) is 6.30. The molecule has 0 saturated heterocycles. The molecular weight excluding hydrogens is 244 g/mol. The summed E-state index contributed by atoms with van der Waals surface area (Å²) in [5.41, 5.74) is 2.42. The van der Waals surface area contributed by atoms with E-state index in [4.69, 9.17) is 16.3 Å². The average Bonchev–Trinajstić information content (AvgIpc) is 2.31. The second kappa shape index (κ2) is 7.16. The van der Waals surface area contributed by atoms with E-state index in [0.29, 0.717) is 12.0 Å². The van der Waals surface area contributed by atoms with Crippen LogP contribution in [0.1, 0.15) is 58.1 Å². The summed E-state index contributed by atoms with van der Waals surface area (Å²) in [5, 5.41) is 0.909. The SMILES string of the molecule is CCC(C)OC(C)Cc1cccc(C(C)C)c1Cl. The van der Waals surface area contributed by atoms with E-state index >= 15 is 0 Å². The average molecular weight is 269 g/mol. The lowest BCUT2D eigenvalue weighted by Gasteiger charge is -2.19. The van der Waals surface area contributed by atoms with Gasteiger partial charge >= 0.3 is 0 Å². The number of rotatable bonds is 6. The molecule has 0 radical (unpaired) electrons. The Morgan fingerprint density at radius 3 is 2.33 bits per heavy atom. The van der Waals surface area contributed by atoms with Crippen LogP contribution in [0.2, 0.25) is 5.02 Å². The largest absolute Gasteiger partial charge is 0.375 e. The molecule has 1 aromatic rings. The summed E-state index contributed by atoms with van der Waals surface area (Å²) < 4.78 is 5.90. The molecule has 2 heteroatoms. The van der Waals surface area contributed by atoms with E-state index in [0.717, 1.165) is 17.9 Å². The van der Waals surface area contributed by atoms with Crippen molar-refractivity contribution in [1.29, 1.82) is 0 Å². The third kappa shape index (κ3) is 4.29. The van der Waals surface area contributed by atoms with Crippen molar-refractivity contribution in [2.75, 3.05) is 0 Å². The molecule has 0 aliphatic carbocycles. The first-order chi connectivity index (χ1) is 8.45. The van der Waals surface area contributed by atoms with Crippen LogP contribution < -0.4 is 0 Å². The normalized spacial score (nSPS) is 14.8. The molecule has 0 aliphatic rings. The molecule has 0 saturated carbocycles. The molecule has 2 unspecified atom stereocenters. The molecule has 0 N–H and O–H groups in total. The highest BCUT2D eigenvalue weighted by Crippen LogP contribution is 2.28. The fraction of sp³-hybridized carbons (Fsp3) is 0.625. The van der Waals surface area contributed by atoms with Crippen LogP contribution in [0, 0.1) is 0 Å². The van der Waals surface area contributed by atoms with Gasteiger partial charge in [-0.3, -0.25) is 0 Å². The fourth-order valence-corrected chi connectivity index (χ4v) is 2.48. The van der Waals surface area contributed by atoms with E-state index < -0.39 is 0 Å². The lowest BCUT2D eigenvalue weighted by atomic mass is 9.98. The highest BCUT2D eigenvalue weighted by molar-refractivity contribution is 6.32. The molecule has 0 bridgehead atoms. The van der Waals surface area contributed by atoms with E-state index in [1.54, 1.807) is 0 Å². The second-order valence-electron chi connectivity index (χ2n) is 5.34. The maximum absolute atomic E-state index is 6.46. The maximum atomic E-state index is 6.46. The number of hydrogen-bond acceptors (Lipinski definition) is 1. The second-order valence-corrected chi connectivity index (χ2v) is 5.72. The summed E-state index contributed by atoms with van der Waals surface area (Å²) >= 11 is 6.46. The van der Waals surface area contributed by atoms with E-state index in [-0.39, 0.29) is 6.10 Å². The molecule has 0 spiro atoms. The van der Waals surface area contributed by atoms with Gasteiger partial charge in [0.15, 0.2) is 0 Å². The smallest absolute Gasteiger partial charge is 0.0591 e. The zero-order valence-electron chi connectivity index (χ0n) is 12.2. The Balaban J connectivity index is 2.75. The first-order valence-corrected chi connectivity index (χ1v) is 7.26. The van der Waals surface area contributed by atoms with E-state index in [1.165, 1.54) is 11.1 Å². The van der Waals surface area contributed by atoms with Gasteiger partial charge in [-0.1, -0.05) is 50.6 Å². The van der Waals surface area contributed by atoms with Crippen LogP contribution in [0.25, 0.3) is 0 Å². The first kappa shape index (κ1) is 15.5. The zero-order valence-corrected chi connectivity index (χ0v) is 12.9. The predicted molar refractivity (Wildman–Crippen MR) is 79.5 cm³/mol. The van der Waals surface area contributed by atoms with E-state index in [9.17, 15) is 0 Å². The van der Waals surface area contributed by atoms with Gasteiger partial charge in [0, 0.05) is 5.02 Å². The van der Waals surface area contributed by atoms with Crippen molar-refractivity contribution in [3.8, 4) is 0 Å². The van der Waals surface area contributed by atoms with E-state index in [2.05, 4.69) is 52.8 Å². The summed E-state index contributed by atoms with van der Waals surface area (Å²) in [6.07, 6.45) is 2.44. The van der Waals surface area contributed by atoms with Gasteiger partial charge in [0.2, 0.25) is 0 Å². The van der Waals surface area contributed by atoms with Crippen molar-refractivity contribution in [2.45, 2.75) is 65.6 Å². The van der Waals surface area contributed by atoms with Crippen molar-refractivity contribution in [3.63, 3.8) is 0 Å². The molecule has 18 heavy (non-hydrogen) atoms. The Hall–Kier alpha value is -0.530. The Morgan fingerprint density at radius 2 is 1.78 bits per heavy atom. The lowest BCUT2D eigenvalue weighted by Crippen LogP contribution is -2.18. The van der Waals surface area contributed by atoms with Gasteiger partial charge in [-0.25, -0.2) is 0 Å². The quantitative estimate of drug-likeness (QED) is 0.688. The molecule has 2 atom stereocenters. The molecule has 0 aromatic heterocycles. The van der Waals surface area contributed by atoms with Crippen LogP contribution in [0.3, 0.4) is 0 Å². The van der Waals surface area contributed by atoms with Crippen LogP contribution in [0.15, 0.2) is 18.2 Å². The highest BCUT2D eigenvalue weighted by atomic mass is 35.5. The number of halogens is 1. The van der Waals surface area contributed by atoms with Crippen molar-refractivity contribution >= 4 is 11.6 Å². The molecule has 1 rings (SSSR count). The summed E-state index contributed by atoms with van der Waals surface area (Å²) in [5.74, 6) is 0.461. The lowest BCUT2D eigenvalue weighted by molar-refractivity contribution is 0.00727. The van der Waals surface area contributed by atoms with Gasteiger partial charge in [0.25, 0.3) is 0 Å². The van der Waals surface area contributed by atoms with Gasteiger partial charge < -0.3 is 4.74 Å². The van der Waals surface area contributed by atoms with Crippen LogP contribution in [-0.4, -0.2) is 12.2 Å². The topological polar surface area (TPSA) is 9.23 Å². The van der Waals surface area contributed by atoms with Gasteiger partial charge in [0.1, 0.15) is 0 Å². The Labute approximate surface area is 116 Å². The number of hydrogen-bond donors (Lipinski definition) is 0. The minimum Gasteiger partial charge on any atom is -0.375 e. The Bertz CT molecular complexity index is 373. The third-order valence-corrected chi connectivity index (χ3v) is 3.74.